The van der Waals surface area contributed by atoms with E-state index < -0.39 is 0 Å². The van der Waals surface area contributed by atoms with E-state index in [0.717, 1.165) is 42.1 Å². The molecule has 0 spiro atoms. The molecule has 0 atom stereocenters. The van der Waals surface area contributed by atoms with Gasteiger partial charge in [-0.05, 0) is 31.0 Å². The van der Waals surface area contributed by atoms with Crippen LogP contribution in [0.3, 0.4) is 0 Å². The summed E-state index contributed by atoms with van der Waals surface area (Å²) < 4.78 is 16.8. The number of nitrogens with one attached hydrogen (secondary N) is 1. The molecule has 1 N–H and O–H groups in total. The van der Waals surface area contributed by atoms with Gasteiger partial charge >= 0.3 is 0 Å². The standard InChI is InChI=1S/C24H25N5O4/c1-2-12-31-20-8-4-3-6-17(20)14-29(18-9-10-21-22(13-18)33-16-32-21)23(30)15-28-11-5-7-19-24(28)26-27-25-19/h2-4,6,8-10,13H,1,5,7,11-12,14-16H2,(H,25,26,27). The van der Waals surface area contributed by atoms with Crippen LogP contribution in [0.2, 0.25) is 0 Å². The summed E-state index contributed by atoms with van der Waals surface area (Å²) in [4.78, 5) is 17.4. The summed E-state index contributed by atoms with van der Waals surface area (Å²) in [5.41, 5.74) is 2.51. The van der Waals surface area contributed by atoms with Gasteiger partial charge in [-0.25, -0.2) is 0 Å². The van der Waals surface area contributed by atoms with Crippen molar-refractivity contribution in [2.24, 2.45) is 0 Å². The van der Waals surface area contributed by atoms with E-state index in [0.29, 0.717) is 30.4 Å². The van der Waals surface area contributed by atoms with Gasteiger partial charge in [0.05, 0.1) is 13.1 Å². The number of para-hydroxylation sites is 1. The van der Waals surface area contributed by atoms with Gasteiger partial charge in [0.2, 0.25) is 12.7 Å². The number of aryl methyl sites for hydroxylation is 1. The van der Waals surface area contributed by atoms with Gasteiger partial charge in [0.15, 0.2) is 17.3 Å². The first-order chi connectivity index (χ1) is 16.2. The molecule has 170 valence electrons. The fourth-order valence-electron chi connectivity index (χ4n) is 4.08. The molecule has 3 heterocycles. The normalized spacial score (nSPS) is 14.0. The number of hydrogen-bond acceptors (Lipinski definition) is 7. The van der Waals surface area contributed by atoms with Crippen LogP contribution in [0.5, 0.6) is 17.2 Å². The van der Waals surface area contributed by atoms with Crippen molar-refractivity contribution < 1.29 is 19.0 Å². The van der Waals surface area contributed by atoms with E-state index >= 15 is 0 Å². The topological polar surface area (TPSA) is 92.8 Å². The zero-order chi connectivity index (χ0) is 22.6. The van der Waals surface area contributed by atoms with Gasteiger partial charge in [-0.3, -0.25) is 4.79 Å². The van der Waals surface area contributed by atoms with Crippen LogP contribution in [0.15, 0.2) is 55.1 Å². The second kappa shape index (κ2) is 9.23. The molecule has 5 rings (SSSR count). The number of aromatic amines is 1. The number of carbonyl (C=O) groups excluding carboxylic acids is 1. The molecule has 2 aliphatic rings. The minimum Gasteiger partial charge on any atom is -0.489 e. The number of nitrogens with zero attached hydrogens (tertiary/aromatic N) is 4. The maximum absolute atomic E-state index is 13.7. The minimum absolute atomic E-state index is 0.0664. The van der Waals surface area contributed by atoms with Crippen LogP contribution >= 0.6 is 0 Å². The summed E-state index contributed by atoms with van der Waals surface area (Å²) in [6.45, 7) is 5.55. The Hall–Kier alpha value is -4.01. The van der Waals surface area contributed by atoms with Gasteiger partial charge in [0.25, 0.3) is 0 Å². The Morgan fingerprint density at radius 3 is 3.00 bits per heavy atom. The highest BCUT2D eigenvalue weighted by atomic mass is 16.7. The number of aromatic nitrogens is 3. The van der Waals surface area contributed by atoms with Crippen LogP contribution in [-0.4, -0.2) is 47.8 Å². The molecule has 0 unspecified atom stereocenters. The molecule has 0 saturated heterocycles. The number of anilines is 2. The predicted octanol–water partition coefficient (Wildman–Crippen LogP) is 3.08. The zero-order valence-electron chi connectivity index (χ0n) is 18.2. The van der Waals surface area contributed by atoms with Gasteiger partial charge in [0.1, 0.15) is 18.1 Å². The Balaban J connectivity index is 1.45. The van der Waals surface area contributed by atoms with E-state index in [1.807, 2.05) is 47.4 Å². The predicted molar refractivity (Wildman–Crippen MR) is 123 cm³/mol. The summed E-state index contributed by atoms with van der Waals surface area (Å²) in [5, 5.41) is 11.1. The molecular weight excluding hydrogens is 422 g/mol. The smallest absolute Gasteiger partial charge is 0.246 e. The number of H-pyrrole nitrogens is 1. The Kier molecular flexibility index (Phi) is 5.84. The van der Waals surface area contributed by atoms with E-state index in [1.165, 1.54) is 0 Å². The lowest BCUT2D eigenvalue weighted by molar-refractivity contribution is -0.117. The number of hydrogen-bond donors (Lipinski definition) is 1. The van der Waals surface area contributed by atoms with Crippen molar-refractivity contribution in [3.63, 3.8) is 0 Å². The van der Waals surface area contributed by atoms with Crippen molar-refractivity contribution in [3.8, 4) is 17.2 Å². The molecule has 9 heteroatoms. The van der Waals surface area contributed by atoms with E-state index in [2.05, 4.69) is 22.0 Å². The molecule has 9 nitrogen and oxygen atoms in total. The van der Waals surface area contributed by atoms with E-state index in [4.69, 9.17) is 14.2 Å². The molecule has 1 amide bonds. The molecule has 1 aromatic heterocycles. The first kappa shape index (κ1) is 20.9. The molecule has 33 heavy (non-hydrogen) atoms. The summed E-state index contributed by atoms with van der Waals surface area (Å²) in [7, 11) is 0. The van der Waals surface area contributed by atoms with Crippen LogP contribution < -0.4 is 24.0 Å². The summed E-state index contributed by atoms with van der Waals surface area (Å²) >= 11 is 0. The largest absolute Gasteiger partial charge is 0.489 e. The molecule has 3 aromatic rings. The van der Waals surface area contributed by atoms with Crippen molar-refractivity contribution in [3.05, 3.63) is 66.4 Å². The first-order valence-electron chi connectivity index (χ1n) is 10.9. The molecule has 0 bridgehead atoms. The lowest BCUT2D eigenvalue weighted by atomic mass is 10.1. The number of fused-ring (bicyclic) bond motifs is 2. The van der Waals surface area contributed by atoms with Gasteiger partial charge in [-0.15, -0.1) is 5.10 Å². The summed E-state index contributed by atoms with van der Waals surface area (Å²) in [5.74, 6) is 2.69. The van der Waals surface area contributed by atoms with E-state index in [-0.39, 0.29) is 19.2 Å². The monoisotopic (exact) mass is 447 g/mol. The van der Waals surface area contributed by atoms with Crippen LogP contribution in [0.1, 0.15) is 17.7 Å². The Morgan fingerprint density at radius 1 is 1.21 bits per heavy atom. The molecule has 2 aliphatic heterocycles. The fraction of sp³-hybridized carbons (Fsp3) is 0.292. The Labute approximate surface area is 191 Å². The van der Waals surface area contributed by atoms with Gasteiger partial charge in [0, 0.05) is 23.9 Å². The maximum Gasteiger partial charge on any atom is 0.246 e. The SMILES string of the molecule is C=CCOc1ccccc1CN(C(=O)CN1CCCc2n[nH]nc21)c1ccc2c(c1)OCO2. The van der Waals surface area contributed by atoms with Crippen molar-refractivity contribution in [2.75, 3.05) is 36.3 Å². The molecule has 0 fully saturated rings. The highest BCUT2D eigenvalue weighted by molar-refractivity contribution is 5.96. The Bertz CT molecular complexity index is 1160. The van der Waals surface area contributed by atoms with Gasteiger partial charge in [-0.1, -0.05) is 30.9 Å². The number of ether oxygens (including phenoxy) is 3. The first-order valence-corrected chi connectivity index (χ1v) is 10.9. The molecule has 0 radical (unpaired) electrons. The molecule has 2 aromatic carbocycles. The maximum atomic E-state index is 13.7. The van der Waals surface area contributed by atoms with Gasteiger partial charge < -0.3 is 24.0 Å². The number of amides is 1. The van der Waals surface area contributed by atoms with E-state index in [9.17, 15) is 4.79 Å². The average Bonchev–Trinajstić information content (AvgIpc) is 3.51. The van der Waals surface area contributed by atoms with Crippen molar-refractivity contribution in [1.82, 2.24) is 15.4 Å². The number of carbonyl (C=O) groups is 1. The molecular formula is C24H25N5O4. The molecule has 0 saturated carbocycles. The van der Waals surface area contributed by atoms with Crippen LogP contribution in [0.25, 0.3) is 0 Å². The van der Waals surface area contributed by atoms with Crippen molar-refractivity contribution in [2.45, 2.75) is 19.4 Å². The summed E-state index contributed by atoms with van der Waals surface area (Å²) in [6.07, 6.45) is 3.48. The quantitative estimate of drug-likeness (QED) is 0.531. The highest BCUT2D eigenvalue weighted by Crippen LogP contribution is 2.36. The van der Waals surface area contributed by atoms with Crippen LogP contribution in [-0.2, 0) is 17.8 Å². The highest BCUT2D eigenvalue weighted by Gasteiger charge is 2.27. The average molecular weight is 447 g/mol. The third-order valence-electron chi connectivity index (χ3n) is 5.69. The number of rotatable bonds is 8. The second-order valence-electron chi connectivity index (χ2n) is 7.84. The zero-order valence-corrected chi connectivity index (χ0v) is 18.2. The Morgan fingerprint density at radius 2 is 2.09 bits per heavy atom. The van der Waals surface area contributed by atoms with Crippen molar-refractivity contribution in [1.29, 1.82) is 0 Å². The molecule has 0 aliphatic carbocycles. The third kappa shape index (κ3) is 4.34. The van der Waals surface area contributed by atoms with Gasteiger partial charge in [-0.2, -0.15) is 10.3 Å². The van der Waals surface area contributed by atoms with Crippen molar-refractivity contribution >= 4 is 17.4 Å². The van der Waals surface area contributed by atoms with E-state index in [1.54, 1.807) is 11.0 Å². The van der Waals surface area contributed by atoms with Crippen LogP contribution in [0, 0.1) is 0 Å². The van der Waals surface area contributed by atoms with Crippen LogP contribution in [0.4, 0.5) is 11.5 Å². The fourth-order valence-corrected chi connectivity index (χ4v) is 4.08. The number of benzene rings is 2. The minimum atomic E-state index is -0.0664. The lowest BCUT2D eigenvalue weighted by Gasteiger charge is -2.30. The third-order valence-corrected chi connectivity index (χ3v) is 5.69. The summed E-state index contributed by atoms with van der Waals surface area (Å²) in [6, 6.07) is 13.2. The second-order valence-corrected chi connectivity index (χ2v) is 7.84. The lowest BCUT2D eigenvalue weighted by Crippen LogP contribution is -2.42.